The summed E-state index contributed by atoms with van der Waals surface area (Å²) in [5.41, 5.74) is 0.225. The summed E-state index contributed by atoms with van der Waals surface area (Å²) in [6.45, 7) is 7.92. The summed E-state index contributed by atoms with van der Waals surface area (Å²) < 4.78 is 0. The number of hydrogen-bond donors (Lipinski definition) is 2. The molecule has 0 spiro atoms. The Morgan fingerprint density at radius 3 is 2.21 bits per heavy atom. The largest absolute Gasteiger partial charge is 0.314 e. The second-order valence-electron chi connectivity index (χ2n) is 5.47. The maximum atomic E-state index is 3.67. The minimum atomic E-state index is 0.225. The second-order valence-corrected chi connectivity index (χ2v) is 5.47. The molecule has 0 atom stereocenters. The SMILES string of the molecule is CNC(C)(C)CNC1CCC(C)CC1. The third kappa shape index (κ3) is 3.97. The zero-order valence-corrected chi connectivity index (χ0v) is 10.2. The van der Waals surface area contributed by atoms with Crippen LogP contribution in [0.25, 0.3) is 0 Å². The van der Waals surface area contributed by atoms with E-state index in [1.54, 1.807) is 0 Å². The second kappa shape index (κ2) is 5.13. The van der Waals surface area contributed by atoms with Crippen LogP contribution in [0.4, 0.5) is 0 Å². The fraction of sp³-hybridized carbons (Fsp3) is 1.00. The Balaban J connectivity index is 2.19. The highest BCUT2D eigenvalue weighted by Crippen LogP contribution is 2.23. The summed E-state index contributed by atoms with van der Waals surface area (Å²) in [6, 6.07) is 0.763. The molecule has 1 fully saturated rings. The number of rotatable bonds is 4. The number of hydrogen-bond acceptors (Lipinski definition) is 2. The van der Waals surface area contributed by atoms with Crippen molar-refractivity contribution in [3.63, 3.8) is 0 Å². The van der Waals surface area contributed by atoms with Gasteiger partial charge in [0.1, 0.15) is 0 Å². The molecule has 0 aromatic rings. The first kappa shape index (κ1) is 12.0. The normalized spacial score (nSPS) is 29.1. The van der Waals surface area contributed by atoms with Gasteiger partial charge in [-0.05, 0) is 52.5 Å². The molecule has 84 valence electrons. The standard InChI is InChI=1S/C12H26N2/c1-10-5-7-11(8-6-10)14-9-12(2,3)13-4/h10-11,13-14H,5-9H2,1-4H3. The molecule has 0 aromatic carbocycles. The van der Waals surface area contributed by atoms with Gasteiger partial charge in [-0.2, -0.15) is 0 Å². The molecule has 0 aliphatic heterocycles. The van der Waals surface area contributed by atoms with Crippen molar-refractivity contribution in [1.29, 1.82) is 0 Å². The molecule has 2 heteroatoms. The maximum absolute atomic E-state index is 3.67. The minimum Gasteiger partial charge on any atom is -0.314 e. The molecule has 1 saturated carbocycles. The van der Waals surface area contributed by atoms with E-state index in [1.807, 2.05) is 7.05 Å². The molecular weight excluding hydrogens is 172 g/mol. The topological polar surface area (TPSA) is 24.1 Å². The highest BCUT2D eigenvalue weighted by molar-refractivity contribution is 4.82. The highest BCUT2D eigenvalue weighted by Gasteiger charge is 2.20. The Labute approximate surface area is 88.8 Å². The van der Waals surface area contributed by atoms with E-state index in [1.165, 1.54) is 25.7 Å². The maximum Gasteiger partial charge on any atom is 0.0246 e. The van der Waals surface area contributed by atoms with Crippen molar-refractivity contribution < 1.29 is 0 Å². The first-order chi connectivity index (χ1) is 6.53. The molecule has 1 rings (SSSR count). The molecule has 0 saturated heterocycles. The smallest absolute Gasteiger partial charge is 0.0246 e. The predicted octanol–water partition coefficient (Wildman–Crippen LogP) is 2.15. The molecular formula is C12H26N2. The van der Waals surface area contributed by atoms with Gasteiger partial charge < -0.3 is 10.6 Å². The van der Waals surface area contributed by atoms with E-state index in [0.717, 1.165) is 18.5 Å². The van der Waals surface area contributed by atoms with E-state index in [4.69, 9.17) is 0 Å². The van der Waals surface area contributed by atoms with Crippen LogP contribution in [0.15, 0.2) is 0 Å². The lowest BCUT2D eigenvalue weighted by Crippen LogP contribution is -2.49. The summed E-state index contributed by atoms with van der Waals surface area (Å²) in [6.07, 6.45) is 5.53. The van der Waals surface area contributed by atoms with Gasteiger partial charge in [0.2, 0.25) is 0 Å². The van der Waals surface area contributed by atoms with Crippen LogP contribution in [-0.2, 0) is 0 Å². The Hall–Kier alpha value is -0.0800. The molecule has 0 radical (unpaired) electrons. The summed E-state index contributed by atoms with van der Waals surface area (Å²) >= 11 is 0. The third-order valence-corrected chi connectivity index (χ3v) is 3.53. The van der Waals surface area contributed by atoms with E-state index in [0.29, 0.717) is 0 Å². The Morgan fingerprint density at radius 1 is 1.14 bits per heavy atom. The molecule has 0 aromatic heterocycles. The van der Waals surface area contributed by atoms with Crippen molar-refractivity contribution in [2.24, 2.45) is 5.92 Å². The van der Waals surface area contributed by atoms with Crippen molar-refractivity contribution in [2.45, 2.75) is 58.0 Å². The van der Waals surface area contributed by atoms with Crippen LogP contribution in [0, 0.1) is 5.92 Å². The molecule has 0 bridgehead atoms. The third-order valence-electron chi connectivity index (χ3n) is 3.53. The lowest BCUT2D eigenvalue weighted by Gasteiger charge is -2.31. The molecule has 1 aliphatic carbocycles. The Kier molecular flexibility index (Phi) is 4.39. The minimum absolute atomic E-state index is 0.225. The van der Waals surface area contributed by atoms with Crippen molar-refractivity contribution in [3.05, 3.63) is 0 Å². The molecule has 0 unspecified atom stereocenters. The predicted molar refractivity (Wildman–Crippen MR) is 62.6 cm³/mol. The summed E-state index contributed by atoms with van der Waals surface area (Å²) in [4.78, 5) is 0. The van der Waals surface area contributed by atoms with Gasteiger partial charge in [0.15, 0.2) is 0 Å². The molecule has 0 amide bonds. The molecule has 1 aliphatic rings. The first-order valence-corrected chi connectivity index (χ1v) is 5.96. The van der Waals surface area contributed by atoms with Gasteiger partial charge in [-0.3, -0.25) is 0 Å². The summed E-state index contributed by atoms with van der Waals surface area (Å²) in [5, 5.41) is 7.00. The van der Waals surface area contributed by atoms with Gasteiger partial charge in [-0.1, -0.05) is 6.92 Å². The van der Waals surface area contributed by atoms with E-state index in [-0.39, 0.29) is 5.54 Å². The van der Waals surface area contributed by atoms with E-state index >= 15 is 0 Å². The fourth-order valence-electron chi connectivity index (χ4n) is 1.95. The quantitative estimate of drug-likeness (QED) is 0.723. The first-order valence-electron chi connectivity index (χ1n) is 5.96. The average Bonchev–Trinajstić information content (AvgIpc) is 2.17. The van der Waals surface area contributed by atoms with Gasteiger partial charge in [-0.25, -0.2) is 0 Å². The summed E-state index contributed by atoms with van der Waals surface area (Å²) in [7, 11) is 2.03. The Morgan fingerprint density at radius 2 is 1.71 bits per heavy atom. The lowest BCUT2D eigenvalue weighted by atomic mass is 9.87. The zero-order valence-electron chi connectivity index (χ0n) is 10.2. The van der Waals surface area contributed by atoms with Gasteiger partial charge >= 0.3 is 0 Å². The van der Waals surface area contributed by atoms with Gasteiger partial charge in [0.25, 0.3) is 0 Å². The average molecular weight is 198 g/mol. The summed E-state index contributed by atoms with van der Waals surface area (Å²) in [5.74, 6) is 0.949. The van der Waals surface area contributed by atoms with Crippen LogP contribution in [0.3, 0.4) is 0 Å². The molecule has 2 N–H and O–H groups in total. The van der Waals surface area contributed by atoms with Crippen molar-refractivity contribution >= 4 is 0 Å². The van der Waals surface area contributed by atoms with Crippen LogP contribution < -0.4 is 10.6 Å². The molecule has 14 heavy (non-hydrogen) atoms. The van der Waals surface area contributed by atoms with Crippen LogP contribution in [0.2, 0.25) is 0 Å². The van der Waals surface area contributed by atoms with E-state index in [2.05, 4.69) is 31.4 Å². The van der Waals surface area contributed by atoms with Gasteiger partial charge in [0.05, 0.1) is 0 Å². The van der Waals surface area contributed by atoms with Crippen LogP contribution in [0.5, 0.6) is 0 Å². The van der Waals surface area contributed by atoms with E-state index < -0.39 is 0 Å². The number of likely N-dealkylation sites (N-methyl/N-ethyl adjacent to an activating group) is 1. The highest BCUT2D eigenvalue weighted by atomic mass is 15.0. The van der Waals surface area contributed by atoms with E-state index in [9.17, 15) is 0 Å². The van der Waals surface area contributed by atoms with Crippen molar-refractivity contribution in [1.82, 2.24) is 10.6 Å². The van der Waals surface area contributed by atoms with Gasteiger partial charge in [0, 0.05) is 18.1 Å². The van der Waals surface area contributed by atoms with Crippen LogP contribution in [-0.4, -0.2) is 25.2 Å². The molecule has 2 nitrogen and oxygen atoms in total. The fourth-order valence-corrected chi connectivity index (χ4v) is 1.95. The van der Waals surface area contributed by atoms with Gasteiger partial charge in [-0.15, -0.1) is 0 Å². The van der Waals surface area contributed by atoms with Crippen LogP contribution >= 0.6 is 0 Å². The monoisotopic (exact) mass is 198 g/mol. The van der Waals surface area contributed by atoms with Crippen molar-refractivity contribution in [3.8, 4) is 0 Å². The van der Waals surface area contributed by atoms with Crippen molar-refractivity contribution in [2.75, 3.05) is 13.6 Å². The van der Waals surface area contributed by atoms with Crippen LogP contribution in [0.1, 0.15) is 46.5 Å². The Bertz CT molecular complexity index is 158. The zero-order chi connectivity index (χ0) is 10.6. The molecule has 0 heterocycles. The lowest BCUT2D eigenvalue weighted by molar-refractivity contribution is 0.282. The number of nitrogens with one attached hydrogen (secondary N) is 2.